The summed E-state index contributed by atoms with van der Waals surface area (Å²) in [5.74, 6) is -0.533. The van der Waals surface area contributed by atoms with Gasteiger partial charge < -0.3 is 4.74 Å². The molecule has 106 valence electrons. The van der Waals surface area contributed by atoms with Gasteiger partial charge in [0.05, 0.1) is 11.5 Å². The van der Waals surface area contributed by atoms with E-state index in [1.54, 1.807) is 24.3 Å². The molecule has 1 atom stereocenters. The van der Waals surface area contributed by atoms with Crippen molar-refractivity contribution in [2.24, 2.45) is 0 Å². The van der Waals surface area contributed by atoms with Gasteiger partial charge in [0.25, 0.3) is 0 Å². The SMILES string of the molecule is CC(C)Oc1ccc(C(Cl)c2cc(F)cc(F)c2)cc1. The van der Waals surface area contributed by atoms with E-state index in [1.165, 1.54) is 12.1 Å². The summed E-state index contributed by atoms with van der Waals surface area (Å²) in [5, 5.41) is -0.603. The van der Waals surface area contributed by atoms with Gasteiger partial charge in [0, 0.05) is 6.07 Å². The molecule has 0 fully saturated rings. The summed E-state index contributed by atoms with van der Waals surface area (Å²) < 4.78 is 31.9. The number of benzene rings is 2. The highest BCUT2D eigenvalue weighted by Crippen LogP contribution is 2.30. The standard InChI is InChI=1S/C16H15ClF2O/c1-10(2)20-15-5-3-11(4-6-15)16(17)12-7-13(18)9-14(19)8-12/h3-10,16H,1-2H3. The molecule has 4 heteroatoms. The smallest absolute Gasteiger partial charge is 0.126 e. The van der Waals surface area contributed by atoms with E-state index in [0.29, 0.717) is 5.56 Å². The molecule has 0 bridgehead atoms. The predicted octanol–water partition coefficient (Wildman–Crippen LogP) is 5.08. The van der Waals surface area contributed by atoms with Gasteiger partial charge in [-0.25, -0.2) is 8.78 Å². The fourth-order valence-corrected chi connectivity index (χ4v) is 2.17. The summed E-state index contributed by atoms with van der Waals surface area (Å²) in [5.41, 5.74) is 1.15. The van der Waals surface area contributed by atoms with Crippen molar-refractivity contribution in [1.29, 1.82) is 0 Å². The molecule has 0 saturated carbocycles. The minimum Gasteiger partial charge on any atom is -0.491 e. The van der Waals surface area contributed by atoms with E-state index in [1.807, 2.05) is 13.8 Å². The van der Waals surface area contributed by atoms with Crippen LogP contribution in [0.25, 0.3) is 0 Å². The maximum atomic E-state index is 13.2. The number of halogens is 3. The van der Waals surface area contributed by atoms with Crippen molar-refractivity contribution in [3.05, 3.63) is 65.2 Å². The van der Waals surface area contributed by atoms with Gasteiger partial charge in [-0.2, -0.15) is 0 Å². The summed E-state index contributed by atoms with van der Waals surface area (Å²) in [4.78, 5) is 0. The molecule has 0 aliphatic carbocycles. The minimum absolute atomic E-state index is 0.0879. The maximum absolute atomic E-state index is 13.2. The van der Waals surface area contributed by atoms with Gasteiger partial charge in [-0.15, -0.1) is 11.6 Å². The lowest BCUT2D eigenvalue weighted by Crippen LogP contribution is -2.05. The van der Waals surface area contributed by atoms with Crippen molar-refractivity contribution in [2.75, 3.05) is 0 Å². The van der Waals surface area contributed by atoms with Crippen LogP contribution in [0, 0.1) is 11.6 Å². The first kappa shape index (κ1) is 14.8. The van der Waals surface area contributed by atoms with Crippen LogP contribution in [-0.4, -0.2) is 6.10 Å². The Kier molecular flexibility index (Phi) is 4.61. The zero-order chi connectivity index (χ0) is 14.7. The Hall–Kier alpha value is -1.61. The largest absolute Gasteiger partial charge is 0.491 e. The topological polar surface area (TPSA) is 9.23 Å². The number of alkyl halides is 1. The molecule has 0 spiro atoms. The van der Waals surface area contributed by atoms with Crippen LogP contribution in [0.15, 0.2) is 42.5 Å². The lowest BCUT2D eigenvalue weighted by atomic mass is 10.0. The highest BCUT2D eigenvalue weighted by Gasteiger charge is 2.13. The second-order valence-corrected chi connectivity index (χ2v) is 5.24. The molecule has 20 heavy (non-hydrogen) atoms. The maximum Gasteiger partial charge on any atom is 0.126 e. The summed E-state index contributed by atoms with van der Waals surface area (Å²) in [6, 6.07) is 10.5. The average molecular weight is 297 g/mol. The van der Waals surface area contributed by atoms with Gasteiger partial charge in [-0.3, -0.25) is 0 Å². The van der Waals surface area contributed by atoms with Crippen molar-refractivity contribution in [3.63, 3.8) is 0 Å². The van der Waals surface area contributed by atoms with E-state index < -0.39 is 17.0 Å². The lowest BCUT2D eigenvalue weighted by Gasteiger charge is -2.13. The third-order valence-electron chi connectivity index (χ3n) is 2.72. The highest BCUT2D eigenvalue weighted by atomic mass is 35.5. The van der Waals surface area contributed by atoms with E-state index in [0.717, 1.165) is 17.4 Å². The summed E-state index contributed by atoms with van der Waals surface area (Å²) in [7, 11) is 0. The second kappa shape index (κ2) is 6.23. The third kappa shape index (κ3) is 3.70. The van der Waals surface area contributed by atoms with E-state index in [4.69, 9.17) is 16.3 Å². The van der Waals surface area contributed by atoms with Crippen LogP contribution in [0.2, 0.25) is 0 Å². The van der Waals surface area contributed by atoms with Crippen molar-refractivity contribution >= 4 is 11.6 Å². The molecule has 0 N–H and O–H groups in total. The number of hydrogen-bond donors (Lipinski definition) is 0. The second-order valence-electron chi connectivity index (χ2n) is 4.80. The molecule has 0 radical (unpaired) electrons. The van der Waals surface area contributed by atoms with E-state index in [9.17, 15) is 8.78 Å². The Labute approximate surface area is 122 Å². The third-order valence-corrected chi connectivity index (χ3v) is 3.23. The van der Waals surface area contributed by atoms with Gasteiger partial charge in [0.2, 0.25) is 0 Å². The Morgan fingerprint density at radius 1 is 0.900 bits per heavy atom. The Balaban J connectivity index is 2.22. The Bertz CT molecular complexity index is 561. The molecule has 0 aliphatic rings. The predicted molar refractivity (Wildman–Crippen MR) is 76.3 cm³/mol. The molecule has 0 amide bonds. The minimum atomic E-state index is -0.634. The molecular weight excluding hydrogens is 282 g/mol. The van der Waals surface area contributed by atoms with Crippen LogP contribution in [0.1, 0.15) is 30.4 Å². The lowest BCUT2D eigenvalue weighted by molar-refractivity contribution is 0.242. The van der Waals surface area contributed by atoms with Gasteiger partial charge in [-0.1, -0.05) is 12.1 Å². The zero-order valence-corrected chi connectivity index (χ0v) is 12.0. The van der Waals surface area contributed by atoms with Gasteiger partial charge >= 0.3 is 0 Å². The van der Waals surface area contributed by atoms with Gasteiger partial charge in [0.1, 0.15) is 17.4 Å². The van der Waals surface area contributed by atoms with E-state index >= 15 is 0 Å². The molecule has 0 saturated heterocycles. The van der Waals surface area contributed by atoms with Crippen LogP contribution < -0.4 is 4.74 Å². The zero-order valence-electron chi connectivity index (χ0n) is 11.2. The Morgan fingerprint density at radius 3 is 1.95 bits per heavy atom. The first-order chi connectivity index (χ1) is 9.45. The average Bonchev–Trinajstić information content (AvgIpc) is 2.37. The molecule has 2 aromatic carbocycles. The number of rotatable bonds is 4. The fraction of sp³-hybridized carbons (Fsp3) is 0.250. The van der Waals surface area contributed by atoms with Crippen molar-refractivity contribution in [1.82, 2.24) is 0 Å². The van der Waals surface area contributed by atoms with Crippen molar-refractivity contribution < 1.29 is 13.5 Å². The number of hydrogen-bond acceptors (Lipinski definition) is 1. The molecule has 2 rings (SSSR count). The molecule has 0 aromatic heterocycles. The van der Waals surface area contributed by atoms with E-state index in [2.05, 4.69) is 0 Å². The van der Waals surface area contributed by atoms with Crippen molar-refractivity contribution in [3.8, 4) is 5.75 Å². The molecule has 0 heterocycles. The van der Waals surface area contributed by atoms with Crippen LogP contribution in [-0.2, 0) is 0 Å². The quantitative estimate of drug-likeness (QED) is 0.715. The molecule has 1 nitrogen and oxygen atoms in total. The van der Waals surface area contributed by atoms with Crippen LogP contribution >= 0.6 is 11.6 Å². The molecular formula is C16H15ClF2O. The van der Waals surface area contributed by atoms with Crippen LogP contribution in [0.5, 0.6) is 5.75 Å². The number of ether oxygens (including phenoxy) is 1. The first-order valence-corrected chi connectivity index (χ1v) is 6.76. The normalized spacial score (nSPS) is 12.5. The summed E-state index contributed by atoms with van der Waals surface area (Å²) >= 11 is 6.26. The Morgan fingerprint density at radius 2 is 1.45 bits per heavy atom. The highest BCUT2D eigenvalue weighted by molar-refractivity contribution is 6.22. The van der Waals surface area contributed by atoms with Crippen LogP contribution in [0.3, 0.4) is 0 Å². The molecule has 2 aromatic rings. The van der Waals surface area contributed by atoms with Crippen molar-refractivity contribution in [2.45, 2.75) is 25.3 Å². The summed E-state index contributed by atoms with van der Waals surface area (Å²) in [6.07, 6.45) is 0.0879. The van der Waals surface area contributed by atoms with Gasteiger partial charge in [0.15, 0.2) is 0 Å². The van der Waals surface area contributed by atoms with Gasteiger partial charge in [-0.05, 0) is 49.2 Å². The molecule has 1 unspecified atom stereocenters. The first-order valence-electron chi connectivity index (χ1n) is 6.32. The monoisotopic (exact) mass is 296 g/mol. The van der Waals surface area contributed by atoms with E-state index in [-0.39, 0.29) is 6.10 Å². The summed E-state index contributed by atoms with van der Waals surface area (Å²) in [6.45, 7) is 3.88. The molecule has 0 aliphatic heterocycles. The fourth-order valence-electron chi connectivity index (χ4n) is 1.90. The van der Waals surface area contributed by atoms with Crippen LogP contribution in [0.4, 0.5) is 8.78 Å².